The van der Waals surface area contributed by atoms with E-state index in [0.29, 0.717) is 17.9 Å². The van der Waals surface area contributed by atoms with Gasteiger partial charge in [-0.2, -0.15) is 10.4 Å². The fourth-order valence-electron chi connectivity index (χ4n) is 6.19. The van der Waals surface area contributed by atoms with Gasteiger partial charge < -0.3 is 4.98 Å². The minimum absolute atomic E-state index is 0.242. The Labute approximate surface area is 206 Å². The second-order valence-electron chi connectivity index (χ2n) is 10.8. The number of aromatic amines is 1. The van der Waals surface area contributed by atoms with E-state index < -0.39 is 0 Å². The van der Waals surface area contributed by atoms with Crippen LogP contribution in [0.15, 0.2) is 24.7 Å². The second kappa shape index (κ2) is 8.46. The first-order chi connectivity index (χ1) is 16.9. The van der Waals surface area contributed by atoms with Crippen molar-refractivity contribution < 1.29 is 0 Å². The maximum atomic E-state index is 9.09. The summed E-state index contributed by atoms with van der Waals surface area (Å²) in [6, 6.07) is 7.50. The van der Waals surface area contributed by atoms with Gasteiger partial charge in [-0.05, 0) is 68.7 Å². The Balaban J connectivity index is 1.33. The number of hydrogen-bond acceptors (Lipinski definition) is 5. The molecule has 6 rings (SSSR count). The summed E-state index contributed by atoms with van der Waals surface area (Å²) < 4.78 is 1.88. The zero-order valence-corrected chi connectivity index (χ0v) is 21.0. The summed E-state index contributed by atoms with van der Waals surface area (Å²) >= 11 is 0. The third-order valence-electron chi connectivity index (χ3n) is 8.40. The van der Waals surface area contributed by atoms with Gasteiger partial charge in [0.2, 0.25) is 0 Å². The Hall–Kier alpha value is -3.24. The molecule has 5 heterocycles. The molecule has 4 aromatic heterocycles. The average molecular weight is 468 g/mol. The molecule has 2 aliphatic rings. The highest BCUT2D eigenvalue weighted by Crippen LogP contribution is 2.40. The predicted octanol–water partition coefficient (Wildman–Crippen LogP) is 5.49. The molecule has 4 aromatic rings. The van der Waals surface area contributed by atoms with Crippen molar-refractivity contribution in [2.24, 2.45) is 5.92 Å². The first-order valence-electron chi connectivity index (χ1n) is 12.9. The molecule has 0 bridgehead atoms. The van der Waals surface area contributed by atoms with Crippen molar-refractivity contribution in [2.45, 2.75) is 71.3 Å². The molecule has 0 radical (unpaired) electrons. The Kier molecular flexibility index (Phi) is 5.37. The number of likely N-dealkylation sites (tertiary alicyclic amines) is 1. The van der Waals surface area contributed by atoms with Crippen LogP contribution >= 0.6 is 0 Å². The molecule has 1 saturated carbocycles. The minimum atomic E-state index is 0.242. The molecule has 0 spiro atoms. The molecular weight excluding hydrogens is 434 g/mol. The summed E-state index contributed by atoms with van der Waals surface area (Å²) in [5.41, 5.74) is 10.3. The number of nitrogens with zero attached hydrogens (tertiary/aromatic N) is 6. The summed E-state index contributed by atoms with van der Waals surface area (Å²) in [6.45, 7) is 10.7. The van der Waals surface area contributed by atoms with Gasteiger partial charge in [0, 0.05) is 48.1 Å². The Bertz CT molecular complexity index is 1440. The first-order valence-corrected chi connectivity index (χ1v) is 12.9. The minimum Gasteiger partial charge on any atom is -0.353 e. The maximum Gasteiger partial charge on any atom is 0.158 e. The summed E-state index contributed by atoms with van der Waals surface area (Å²) in [4.78, 5) is 15.9. The van der Waals surface area contributed by atoms with Crippen LogP contribution in [-0.4, -0.2) is 48.6 Å². The lowest BCUT2D eigenvalue weighted by Gasteiger charge is -2.44. The van der Waals surface area contributed by atoms with Crippen molar-refractivity contribution >= 4 is 16.7 Å². The Morgan fingerprint density at radius 3 is 2.57 bits per heavy atom. The van der Waals surface area contributed by atoms with Crippen molar-refractivity contribution in [3.8, 4) is 17.3 Å². The van der Waals surface area contributed by atoms with E-state index in [4.69, 9.17) is 10.2 Å². The molecule has 1 N–H and O–H groups in total. The van der Waals surface area contributed by atoms with E-state index in [9.17, 15) is 0 Å². The highest BCUT2D eigenvalue weighted by atomic mass is 15.3. The number of aryl methyl sites for hydroxylation is 1. The molecule has 1 aliphatic carbocycles. The Morgan fingerprint density at radius 2 is 1.86 bits per heavy atom. The predicted molar refractivity (Wildman–Crippen MR) is 137 cm³/mol. The maximum absolute atomic E-state index is 9.09. The number of nitrogens with one attached hydrogen (secondary N) is 1. The van der Waals surface area contributed by atoms with Gasteiger partial charge in [0.25, 0.3) is 0 Å². The highest BCUT2D eigenvalue weighted by Gasteiger charge is 2.35. The normalized spacial score (nSPS) is 21.6. The van der Waals surface area contributed by atoms with E-state index in [0.717, 1.165) is 46.6 Å². The van der Waals surface area contributed by atoms with Crippen LogP contribution in [0, 0.1) is 31.1 Å². The van der Waals surface area contributed by atoms with E-state index in [-0.39, 0.29) is 5.92 Å². The van der Waals surface area contributed by atoms with Crippen molar-refractivity contribution in [1.82, 2.24) is 29.5 Å². The number of H-pyrrole nitrogens is 1. The SMILES string of the molecule is Cc1c(-c2[nH]c3ccc(C4CCC(N5CC(C#N)C5)CC4)nc3c2C(C)C)cn2ncnc2c1C. The fraction of sp³-hybridized carbons (Fsp3) is 0.500. The lowest BCUT2D eigenvalue weighted by Crippen LogP contribution is -2.52. The van der Waals surface area contributed by atoms with Crippen LogP contribution in [0.4, 0.5) is 0 Å². The van der Waals surface area contributed by atoms with Gasteiger partial charge in [0.05, 0.1) is 28.7 Å². The standard InChI is InChI=1S/C28H33N7/c1-16(2)25-26(22-14-35-28(30-15-31-35)18(4)17(22)3)33-24-10-9-23(32-27(24)25)20-5-7-21(8-6-20)34-12-19(11-29)13-34/h9-10,14-16,19-21,33H,5-8,12-13H2,1-4H3. The van der Waals surface area contributed by atoms with Gasteiger partial charge in [-0.3, -0.25) is 9.88 Å². The summed E-state index contributed by atoms with van der Waals surface area (Å²) in [5, 5.41) is 13.5. The van der Waals surface area contributed by atoms with E-state index in [1.165, 1.54) is 42.5 Å². The zero-order chi connectivity index (χ0) is 24.3. The number of pyridine rings is 2. The van der Waals surface area contributed by atoms with Crippen molar-refractivity contribution in [3.63, 3.8) is 0 Å². The highest BCUT2D eigenvalue weighted by molar-refractivity contribution is 5.89. The van der Waals surface area contributed by atoms with Crippen molar-refractivity contribution in [2.75, 3.05) is 13.1 Å². The summed E-state index contributed by atoms with van der Waals surface area (Å²) in [5.74, 6) is 1.09. The molecule has 180 valence electrons. The zero-order valence-electron chi connectivity index (χ0n) is 21.0. The van der Waals surface area contributed by atoms with E-state index in [2.05, 4.69) is 72.1 Å². The van der Waals surface area contributed by atoms with Crippen LogP contribution in [0.1, 0.15) is 73.8 Å². The van der Waals surface area contributed by atoms with Gasteiger partial charge in [0.1, 0.15) is 6.33 Å². The lowest BCUT2D eigenvalue weighted by molar-refractivity contribution is 0.0559. The third-order valence-corrected chi connectivity index (χ3v) is 8.40. The van der Waals surface area contributed by atoms with E-state index >= 15 is 0 Å². The van der Waals surface area contributed by atoms with Crippen LogP contribution in [0.2, 0.25) is 0 Å². The van der Waals surface area contributed by atoms with Gasteiger partial charge in [0.15, 0.2) is 5.65 Å². The number of nitriles is 1. The largest absolute Gasteiger partial charge is 0.353 e. The topological polar surface area (TPSA) is 85.9 Å². The molecule has 7 nitrogen and oxygen atoms in total. The van der Waals surface area contributed by atoms with Crippen molar-refractivity contribution in [3.05, 3.63) is 47.0 Å². The average Bonchev–Trinajstić information content (AvgIpc) is 3.45. The van der Waals surface area contributed by atoms with Crippen LogP contribution in [0.5, 0.6) is 0 Å². The van der Waals surface area contributed by atoms with Crippen LogP contribution in [0.3, 0.4) is 0 Å². The van der Waals surface area contributed by atoms with E-state index in [1.54, 1.807) is 6.33 Å². The molecule has 7 heteroatoms. The summed E-state index contributed by atoms with van der Waals surface area (Å²) in [6.07, 6.45) is 8.46. The molecule has 1 saturated heterocycles. The molecule has 0 atom stereocenters. The first kappa shape index (κ1) is 22.2. The molecule has 0 aromatic carbocycles. The fourth-order valence-corrected chi connectivity index (χ4v) is 6.19. The molecular formula is C28H33N7. The number of fused-ring (bicyclic) bond motifs is 2. The second-order valence-corrected chi connectivity index (χ2v) is 10.8. The monoisotopic (exact) mass is 467 g/mol. The van der Waals surface area contributed by atoms with Gasteiger partial charge in [-0.15, -0.1) is 0 Å². The van der Waals surface area contributed by atoms with E-state index in [1.807, 2.05) is 4.52 Å². The Morgan fingerprint density at radius 1 is 1.09 bits per heavy atom. The summed E-state index contributed by atoms with van der Waals surface area (Å²) in [7, 11) is 0. The number of hydrogen-bond donors (Lipinski definition) is 1. The van der Waals surface area contributed by atoms with Gasteiger partial charge in [-0.1, -0.05) is 13.8 Å². The smallest absolute Gasteiger partial charge is 0.158 e. The third kappa shape index (κ3) is 3.63. The van der Waals surface area contributed by atoms with Crippen LogP contribution < -0.4 is 0 Å². The molecule has 2 fully saturated rings. The number of rotatable bonds is 4. The van der Waals surface area contributed by atoms with Crippen LogP contribution in [-0.2, 0) is 0 Å². The van der Waals surface area contributed by atoms with Crippen molar-refractivity contribution in [1.29, 1.82) is 5.26 Å². The van der Waals surface area contributed by atoms with Gasteiger partial charge >= 0.3 is 0 Å². The molecule has 0 unspecified atom stereocenters. The quantitative estimate of drug-likeness (QED) is 0.429. The molecule has 0 amide bonds. The van der Waals surface area contributed by atoms with Crippen LogP contribution in [0.25, 0.3) is 27.9 Å². The number of aromatic nitrogens is 5. The molecule has 1 aliphatic heterocycles. The lowest BCUT2D eigenvalue weighted by atomic mass is 9.81. The molecule has 35 heavy (non-hydrogen) atoms. The van der Waals surface area contributed by atoms with Gasteiger partial charge in [-0.25, -0.2) is 9.50 Å².